The van der Waals surface area contributed by atoms with Crippen LogP contribution in [0.5, 0.6) is 11.5 Å². The van der Waals surface area contributed by atoms with Crippen molar-refractivity contribution in [2.24, 2.45) is 5.73 Å². The number of hydrogen-bond donors (Lipinski definition) is 2. The SMILES string of the molecule is COc1ccc(OC)c([C@H](O)C[C@H](N)C(F)(F)F)c1. The van der Waals surface area contributed by atoms with E-state index in [0.29, 0.717) is 5.75 Å². The minimum atomic E-state index is -4.55. The maximum atomic E-state index is 12.4. The Balaban J connectivity index is 2.94. The summed E-state index contributed by atoms with van der Waals surface area (Å²) in [6.07, 6.45) is -6.58. The third-order valence-electron chi connectivity index (χ3n) is 2.69. The third-order valence-corrected chi connectivity index (χ3v) is 2.69. The summed E-state index contributed by atoms with van der Waals surface area (Å²) in [7, 11) is 2.78. The number of ether oxygens (including phenoxy) is 2. The molecule has 0 fully saturated rings. The molecule has 0 spiro atoms. The molecule has 19 heavy (non-hydrogen) atoms. The van der Waals surface area contributed by atoms with E-state index in [2.05, 4.69) is 0 Å². The van der Waals surface area contributed by atoms with Gasteiger partial charge in [-0.05, 0) is 18.2 Å². The largest absolute Gasteiger partial charge is 0.497 e. The molecule has 3 N–H and O–H groups in total. The Labute approximate surface area is 108 Å². The fourth-order valence-electron chi connectivity index (χ4n) is 1.60. The predicted octanol–water partition coefficient (Wildman–Crippen LogP) is 2.02. The number of nitrogens with two attached hydrogens (primary N) is 1. The number of rotatable bonds is 5. The van der Waals surface area contributed by atoms with E-state index in [0.717, 1.165) is 0 Å². The lowest BCUT2D eigenvalue weighted by molar-refractivity contribution is -0.153. The number of benzene rings is 1. The molecule has 1 aromatic rings. The number of aliphatic hydroxyl groups excluding tert-OH is 1. The Morgan fingerprint density at radius 1 is 1.26 bits per heavy atom. The first-order valence-electron chi connectivity index (χ1n) is 5.52. The number of hydrogen-bond acceptors (Lipinski definition) is 4. The van der Waals surface area contributed by atoms with Crippen LogP contribution in [0.25, 0.3) is 0 Å². The Kier molecular flexibility index (Phi) is 5.02. The van der Waals surface area contributed by atoms with Gasteiger partial charge in [0.2, 0.25) is 0 Å². The van der Waals surface area contributed by atoms with Crippen LogP contribution in [0, 0.1) is 0 Å². The van der Waals surface area contributed by atoms with E-state index < -0.39 is 24.7 Å². The maximum Gasteiger partial charge on any atom is 0.403 e. The van der Waals surface area contributed by atoms with Gasteiger partial charge in [-0.3, -0.25) is 0 Å². The van der Waals surface area contributed by atoms with E-state index in [-0.39, 0.29) is 11.3 Å². The second-order valence-electron chi connectivity index (χ2n) is 4.01. The highest BCUT2D eigenvalue weighted by molar-refractivity contribution is 5.41. The quantitative estimate of drug-likeness (QED) is 0.865. The van der Waals surface area contributed by atoms with Crippen molar-refractivity contribution in [3.8, 4) is 11.5 Å². The topological polar surface area (TPSA) is 64.7 Å². The highest BCUT2D eigenvalue weighted by atomic mass is 19.4. The minimum absolute atomic E-state index is 0.210. The molecule has 0 radical (unpaired) electrons. The summed E-state index contributed by atoms with van der Waals surface area (Å²) in [4.78, 5) is 0. The van der Waals surface area contributed by atoms with Gasteiger partial charge in [0, 0.05) is 12.0 Å². The molecule has 1 aromatic carbocycles. The van der Waals surface area contributed by atoms with Crippen LogP contribution in [0.4, 0.5) is 13.2 Å². The molecule has 0 saturated heterocycles. The molecule has 0 aliphatic rings. The minimum Gasteiger partial charge on any atom is -0.497 e. The molecule has 2 atom stereocenters. The van der Waals surface area contributed by atoms with E-state index >= 15 is 0 Å². The lowest BCUT2D eigenvalue weighted by atomic mass is 10.0. The van der Waals surface area contributed by atoms with Gasteiger partial charge in [0.15, 0.2) is 0 Å². The van der Waals surface area contributed by atoms with Crippen LogP contribution in [0.2, 0.25) is 0 Å². The van der Waals surface area contributed by atoms with Gasteiger partial charge in [0.05, 0.1) is 20.3 Å². The Morgan fingerprint density at radius 3 is 2.37 bits per heavy atom. The van der Waals surface area contributed by atoms with E-state index in [1.165, 1.54) is 26.4 Å². The second kappa shape index (κ2) is 6.12. The van der Waals surface area contributed by atoms with Crippen molar-refractivity contribution < 1.29 is 27.8 Å². The Bertz CT molecular complexity index is 423. The van der Waals surface area contributed by atoms with Crippen LogP contribution >= 0.6 is 0 Å². The molecule has 7 heteroatoms. The van der Waals surface area contributed by atoms with Gasteiger partial charge in [-0.2, -0.15) is 13.2 Å². The molecule has 108 valence electrons. The lowest BCUT2D eigenvalue weighted by Crippen LogP contribution is -2.38. The molecular formula is C12H16F3NO3. The normalized spacial score (nSPS) is 14.9. The predicted molar refractivity (Wildman–Crippen MR) is 63.2 cm³/mol. The van der Waals surface area contributed by atoms with Crippen LogP contribution in [0.1, 0.15) is 18.1 Å². The highest BCUT2D eigenvalue weighted by Crippen LogP contribution is 2.33. The first-order valence-corrected chi connectivity index (χ1v) is 5.52. The molecule has 4 nitrogen and oxygen atoms in total. The molecule has 0 saturated carbocycles. The fraction of sp³-hybridized carbons (Fsp3) is 0.500. The van der Waals surface area contributed by atoms with Crippen molar-refractivity contribution in [3.63, 3.8) is 0 Å². The standard InChI is InChI=1S/C12H16F3NO3/c1-18-7-3-4-10(19-2)8(5-7)9(17)6-11(16)12(13,14)15/h3-5,9,11,17H,6,16H2,1-2H3/t9-,11+/m1/s1. The molecule has 0 amide bonds. The third kappa shape index (κ3) is 4.00. The molecule has 1 rings (SSSR count). The summed E-state index contributed by atoms with van der Waals surface area (Å²) in [6.45, 7) is 0. The van der Waals surface area contributed by atoms with E-state index in [9.17, 15) is 18.3 Å². The Hall–Kier alpha value is -1.47. The van der Waals surface area contributed by atoms with Crippen LogP contribution in [-0.4, -0.2) is 31.5 Å². The van der Waals surface area contributed by atoms with Gasteiger partial charge >= 0.3 is 6.18 Å². The smallest absolute Gasteiger partial charge is 0.403 e. The van der Waals surface area contributed by atoms with Crippen LogP contribution < -0.4 is 15.2 Å². The van der Waals surface area contributed by atoms with Crippen molar-refractivity contribution in [1.82, 2.24) is 0 Å². The summed E-state index contributed by atoms with van der Waals surface area (Å²) in [5.41, 5.74) is 5.20. The lowest BCUT2D eigenvalue weighted by Gasteiger charge is -2.21. The van der Waals surface area contributed by atoms with Gasteiger partial charge in [0.1, 0.15) is 17.5 Å². The van der Waals surface area contributed by atoms with E-state index in [4.69, 9.17) is 15.2 Å². The number of halogens is 3. The zero-order valence-corrected chi connectivity index (χ0v) is 10.6. The van der Waals surface area contributed by atoms with Gasteiger partial charge in [0.25, 0.3) is 0 Å². The number of alkyl halides is 3. The van der Waals surface area contributed by atoms with Crippen LogP contribution in [0.15, 0.2) is 18.2 Å². The van der Waals surface area contributed by atoms with Crippen molar-refractivity contribution in [1.29, 1.82) is 0 Å². The van der Waals surface area contributed by atoms with Crippen molar-refractivity contribution in [2.45, 2.75) is 24.7 Å². The number of methoxy groups -OCH3 is 2. The second-order valence-corrected chi connectivity index (χ2v) is 4.01. The van der Waals surface area contributed by atoms with Gasteiger partial charge in [-0.15, -0.1) is 0 Å². The fourth-order valence-corrected chi connectivity index (χ4v) is 1.60. The highest BCUT2D eigenvalue weighted by Gasteiger charge is 2.38. The van der Waals surface area contributed by atoms with Crippen molar-refractivity contribution >= 4 is 0 Å². The van der Waals surface area contributed by atoms with E-state index in [1.54, 1.807) is 6.07 Å². The molecular weight excluding hydrogens is 263 g/mol. The molecule has 0 aliphatic heterocycles. The molecule has 0 unspecified atom stereocenters. The van der Waals surface area contributed by atoms with E-state index in [1.807, 2.05) is 0 Å². The summed E-state index contributed by atoms with van der Waals surface area (Å²) in [6, 6.07) is 2.42. The average molecular weight is 279 g/mol. The van der Waals surface area contributed by atoms with Crippen molar-refractivity contribution in [3.05, 3.63) is 23.8 Å². The molecule has 0 heterocycles. The zero-order chi connectivity index (χ0) is 14.6. The molecule has 0 aromatic heterocycles. The summed E-state index contributed by atoms with van der Waals surface area (Å²) in [5, 5.41) is 9.87. The number of aliphatic hydroxyl groups is 1. The average Bonchev–Trinajstić information content (AvgIpc) is 2.36. The summed E-state index contributed by atoms with van der Waals surface area (Å²) in [5.74, 6) is 0.693. The van der Waals surface area contributed by atoms with Crippen LogP contribution in [0.3, 0.4) is 0 Å². The Morgan fingerprint density at radius 2 is 1.89 bits per heavy atom. The van der Waals surface area contributed by atoms with Gasteiger partial charge in [-0.25, -0.2) is 0 Å². The molecule has 0 aliphatic carbocycles. The summed E-state index contributed by atoms with van der Waals surface area (Å²) >= 11 is 0. The molecule has 0 bridgehead atoms. The first kappa shape index (κ1) is 15.6. The van der Waals surface area contributed by atoms with Gasteiger partial charge < -0.3 is 20.3 Å². The van der Waals surface area contributed by atoms with Crippen LogP contribution in [-0.2, 0) is 0 Å². The zero-order valence-electron chi connectivity index (χ0n) is 10.6. The van der Waals surface area contributed by atoms with Gasteiger partial charge in [-0.1, -0.05) is 0 Å². The monoisotopic (exact) mass is 279 g/mol. The first-order chi connectivity index (χ1) is 8.79. The maximum absolute atomic E-state index is 12.4. The van der Waals surface area contributed by atoms with Crippen molar-refractivity contribution in [2.75, 3.05) is 14.2 Å². The summed E-state index contributed by atoms with van der Waals surface area (Å²) < 4.78 is 47.0.